The first kappa shape index (κ1) is 10.1. The van der Waals surface area contributed by atoms with Crippen LogP contribution in [0.5, 0.6) is 0 Å². The Kier molecular flexibility index (Phi) is 2.74. The first-order valence-electron chi connectivity index (χ1n) is 4.71. The van der Waals surface area contributed by atoms with Crippen molar-refractivity contribution in [2.75, 3.05) is 5.73 Å². The van der Waals surface area contributed by atoms with Crippen molar-refractivity contribution in [2.45, 2.75) is 6.61 Å². The normalized spacial score (nSPS) is 9.69. The number of nitriles is 1. The summed E-state index contributed by atoms with van der Waals surface area (Å²) < 4.78 is 1.30. The van der Waals surface area contributed by atoms with Crippen molar-refractivity contribution in [1.29, 1.82) is 5.26 Å². The van der Waals surface area contributed by atoms with Gasteiger partial charge in [-0.1, -0.05) is 30.3 Å². The second-order valence-electron chi connectivity index (χ2n) is 3.18. The molecule has 0 aliphatic carbocycles. The molecule has 0 bridgehead atoms. The Morgan fingerprint density at radius 3 is 2.75 bits per heavy atom. The highest BCUT2D eigenvalue weighted by Crippen LogP contribution is 2.07. The van der Waals surface area contributed by atoms with E-state index in [4.69, 9.17) is 15.8 Å². The summed E-state index contributed by atoms with van der Waals surface area (Å²) >= 11 is 0. The van der Waals surface area contributed by atoms with Gasteiger partial charge in [-0.2, -0.15) is 9.99 Å². The number of hydrogen-bond donors (Lipinski definition) is 1. The van der Waals surface area contributed by atoms with Gasteiger partial charge < -0.3 is 10.6 Å². The smallest absolute Gasteiger partial charge is 0.185 e. The van der Waals surface area contributed by atoms with Crippen molar-refractivity contribution in [2.24, 2.45) is 0 Å². The zero-order valence-corrected chi connectivity index (χ0v) is 8.50. The van der Waals surface area contributed by atoms with E-state index in [0.717, 1.165) is 5.56 Å². The first-order chi connectivity index (χ1) is 7.81. The van der Waals surface area contributed by atoms with E-state index in [-0.39, 0.29) is 11.5 Å². The number of anilines is 1. The van der Waals surface area contributed by atoms with Crippen LogP contribution in [0.4, 0.5) is 5.82 Å². The highest BCUT2D eigenvalue weighted by atomic mass is 16.7. The number of aromatic nitrogens is 2. The molecule has 0 atom stereocenters. The van der Waals surface area contributed by atoms with Crippen LogP contribution in [0.25, 0.3) is 0 Å². The molecule has 0 unspecified atom stereocenters. The van der Waals surface area contributed by atoms with Gasteiger partial charge in [-0.3, -0.25) is 0 Å². The molecule has 1 heterocycles. The summed E-state index contributed by atoms with van der Waals surface area (Å²) in [5, 5.41) is 8.66. The minimum absolute atomic E-state index is 0.174. The molecule has 0 aliphatic heterocycles. The second-order valence-corrected chi connectivity index (χ2v) is 3.18. The summed E-state index contributed by atoms with van der Waals surface area (Å²) in [5.74, 6) is 0.221. The van der Waals surface area contributed by atoms with Crippen molar-refractivity contribution in [3.63, 3.8) is 0 Å². The third kappa shape index (κ3) is 1.96. The van der Waals surface area contributed by atoms with Gasteiger partial charge in [0.25, 0.3) is 0 Å². The fourth-order valence-corrected chi connectivity index (χ4v) is 1.25. The molecule has 0 radical (unpaired) electrons. The van der Waals surface area contributed by atoms with E-state index in [2.05, 4.69) is 4.98 Å². The molecular formula is C11H10N4O. The van der Waals surface area contributed by atoms with Crippen LogP contribution in [0.15, 0.2) is 36.7 Å². The Bertz CT molecular complexity index is 513. The number of benzene rings is 1. The monoisotopic (exact) mass is 214 g/mol. The molecule has 80 valence electrons. The maximum absolute atomic E-state index is 8.66. The summed E-state index contributed by atoms with van der Waals surface area (Å²) in [6.07, 6.45) is 1.39. The SMILES string of the molecule is N#Cc1ncn(OCc2ccccc2)c1N. The zero-order valence-electron chi connectivity index (χ0n) is 8.50. The topological polar surface area (TPSA) is 76.9 Å². The van der Waals surface area contributed by atoms with Crippen LogP contribution < -0.4 is 10.6 Å². The molecule has 0 spiro atoms. The van der Waals surface area contributed by atoms with E-state index >= 15 is 0 Å². The molecule has 2 aromatic rings. The van der Waals surface area contributed by atoms with Gasteiger partial charge in [-0.15, -0.1) is 0 Å². The Morgan fingerprint density at radius 1 is 1.38 bits per heavy atom. The van der Waals surface area contributed by atoms with Crippen molar-refractivity contribution in [1.82, 2.24) is 9.71 Å². The summed E-state index contributed by atoms with van der Waals surface area (Å²) in [5.41, 5.74) is 6.83. The predicted octanol–water partition coefficient (Wildman–Crippen LogP) is 0.966. The van der Waals surface area contributed by atoms with Crippen LogP contribution in [0.1, 0.15) is 11.3 Å². The van der Waals surface area contributed by atoms with Gasteiger partial charge in [0.1, 0.15) is 19.0 Å². The van der Waals surface area contributed by atoms with Crippen LogP contribution in [0.3, 0.4) is 0 Å². The first-order valence-corrected chi connectivity index (χ1v) is 4.71. The van der Waals surface area contributed by atoms with Gasteiger partial charge in [0, 0.05) is 0 Å². The lowest BCUT2D eigenvalue weighted by Gasteiger charge is -2.07. The van der Waals surface area contributed by atoms with Crippen LogP contribution >= 0.6 is 0 Å². The summed E-state index contributed by atoms with van der Waals surface area (Å²) in [4.78, 5) is 9.18. The van der Waals surface area contributed by atoms with Crippen LogP contribution in [0.2, 0.25) is 0 Å². The fourth-order valence-electron chi connectivity index (χ4n) is 1.25. The molecule has 2 N–H and O–H groups in total. The van der Waals surface area contributed by atoms with Crippen LogP contribution in [0, 0.1) is 11.3 Å². The molecule has 0 aliphatic rings. The van der Waals surface area contributed by atoms with E-state index in [0.29, 0.717) is 6.61 Å². The average Bonchev–Trinajstić information content (AvgIpc) is 2.69. The lowest BCUT2D eigenvalue weighted by Crippen LogP contribution is -2.12. The van der Waals surface area contributed by atoms with Gasteiger partial charge in [-0.05, 0) is 5.56 Å². The van der Waals surface area contributed by atoms with Gasteiger partial charge >= 0.3 is 0 Å². The molecular weight excluding hydrogens is 204 g/mol. The lowest BCUT2D eigenvalue weighted by atomic mass is 10.2. The van der Waals surface area contributed by atoms with Crippen molar-refractivity contribution >= 4 is 5.82 Å². The molecule has 0 fully saturated rings. The molecule has 5 nitrogen and oxygen atoms in total. The second kappa shape index (κ2) is 4.36. The Morgan fingerprint density at radius 2 is 2.12 bits per heavy atom. The highest BCUT2D eigenvalue weighted by molar-refractivity contribution is 5.43. The maximum Gasteiger partial charge on any atom is 0.185 e. The zero-order chi connectivity index (χ0) is 11.4. The molecule has 1 aromatic carbocycles. The lowest BCUT2D eigenvalue weighted by molar-refractivity contribution is 0.101. The number of nitrogen functional groups attached to an aromatic ring is 1. The molecule has 0 saturated carbocycles. The van der Waals surface area contributed by atoms with Crippen LogP contribution in [-0.4, -0.2) is 9.71 Å². The van der Waals surface area contributed by atoms with Gasteiger partial charge in [0.2, 0.25) is 0 Å². The fraction of sp³-hybridized carbons (Fsp3) is 0.0909. The number of nitrogens with two attached hydrogens (primary N) is 1. The largest absolute Gasteiger partial charge is 0.406 e. The summed E-state index contributed by atoms with van der Waals surface area (Å²) in [6.45, 7) is 0.381. The Balaban J connectivity index is 2.06. The third-order valence-corrected chi connectivity index (χ3v) is 2.09. The van der Waals surface area contributed by atoms with E-state index in [1.165, 1.54) is 11.1 Å². The van der Waals surface area contributed by atoms with E-state index < -0.39 is 0 Å². The Hall–Kier alpha value is -2.48. The van der Waals surface area contributed by atoms with Crippen molar-refractivity contribution in [3.8, 4) is 6.07 Å². The highest BCUT2D eigenvalue weighted by Gasteiger charge is 2.06. The van der Waals surface area contributed by atoms with Gasteiger partial charge in [0.05, 0.1) is 0 Å². The number of rotatable bonds is 3. The van der Waals surface area contributed by atoms with Crippen LogP contribution in [-0.2, 0) is 6.61 Å². The summed E-state index contributed by atoms with van der Waals surface area (Å²) in [6, 6.07) is 11.6. The molecule has 2 rings (SSSR count). The van der Waals surface area contributed by atoms with Crippen molar-refractivity contribution in [3.05, 3.63) is 47.9 Å². The minimum Gasteiger partial charge on any atom is -0.406 e. The average molecular weight is 214 g/mol. The molecule has 0 saturated heterocycles. The van der Waals surface area contributed by atoms with E-state index in [1.54, 1.807) is 0 Å². The quantitative estimate of drug-likeness (QED) is 0.825. The predicted molar refractivity (Wildman–Crippen MR) is 58.1 cm³/mol. The Labute approximate surface area is 92.7 Å². The number of hydrogen-bond acceptors (Lipinski definition) is 4. The van der Waals surface area contributed by atoms with Gasteiger partial charge in [-0.25, -0.2) is 4.98 Å². The number of nitrogens with zero attached hydrogens (tertiary/aromatic N) is 3. The van der Waals surface area contributed by atoms with Crippen molar-refractivity contribution < 1.29 is 4.84 Å². The molecule has 0 amide bonds. The summed E-state index contributed by atoms with van der Waals surface area (Å²) in [7, 11) is 0. The van der Waals surface area contributed by atoms with E-state index in [9.17, 15) is 0 Å². The number of imidazole rings is 1. The maximum atomic E-state index is 8.66. The minimum atomic E-state index is 0.174. The third-order valence-electron chi connectivity index (χ3n) is 2.09. The molecule has 5 heteroatoms. The van der Waals surface area contributed by atoms with E-state index in [1.807, 2.05) is 36.4 Å². The molecule has 1 aromatic heterocycles. The standard InChI is InChI=1S/C11H10N4O/c12-6-10-11(13)15(8-14-10)16-7-9-4-2-1-3-5-9/h1-5,8H,7,13H2. The van der Waals surface area contributed by atoms with Gasteiger partial charge in [0.15, 0.2) is 11.5 Å². The molecule has 16 heavy (non-hydrogen) atoms.